The van der Waals surface area contributed by atoms with Crippen LogP contribution in [0.4, 0.5) is 0 Å². The van der Waals surface area contributed by atoms with Crippen molar-refractivity contribution in [3.8, 4) is 5.75 Å². The third kappa shape index (κ3) is 1.20. The van der Waals surface area contributed by atoms with Gasteiger partial charge in [0.05, 0.1) is 18.7 Å². The van der Waals surface area contributed by atoms with E-state index in [1.807, 2.05) is 6.07 Å². The van der Waals surface area contributed by atoms with Crippen LogP contribution in [-0.4, -0.2) is 35.1 Å². The smallest absolute Gasteiger partial charge is 0.162 e. The van der Waals surface area contributed by atoms with E-state index in [0.29, 0.717) is 6.61 Å². The van der Waals surface area contributed by atoms with Crippen LogP contribution in [0.15, 0.2) is 23.6 Å². The second-order valence-electron chi connectivity index (χ2n) is 3.59. The molecule has 0 aromatic carbocycles. The number of aromatic nitrogens is 1. The number of nitrogens with zero attached hydrogens (tertiary/aromatic N) is 2. The molecule has 0 bridgehead atoms. The Labute approximate surface area is 86.3 Å². The monoisotopic (exact) mass is 206 g/mol. The lowest BCUT2D eigenvalue weighted by Gasteiger charge is -2.23. The summed E-state index contributed by atoms with van der Waals surface area (Å²) in [7, 11) is 0. The summed E-state index contributed by atoms with van der Waals surface area (Å²) in [5.41, 5.74) is 1.77. The molecule has 0 saturated heterocycles. The van der Waals surface area contributed by atoms with Crippen LogP contribution in [0.2, 0.25) is 0 Å². The van der Waals surface area contributed by atoms with Gasteiger partial charge in [-0.2, -0.15) is 0 Å². The summed E-state index contributed by atoms with van der Waals surface area (Å²) in [5.74, 6) is 0.764. The highest BCUT2D eigenvalue weighted by Gasteiger charge is 2.39. The second kappa shape index (κ2) is 3.20. The van der Waals surface area contributed by atoms with Crippen molar-refractivity contribution in [3.05, 3.63) is 24.0 Å². The molecule has 15 heavy (non-hydrogen) atoms. The minimum Gasteiger partial charge on any atom is -0.490 e. The lowest BCUT2D eigenvalue weighted by atomic mass is 9.91. The first-order chi connectivity index (χ1) is 7.40. The largest absolute Gasteiger partial charge is 0.490 e. The van der Waals surface area contributed by atoms with E-state index < -0.39 is 0 Å². The van der Waals surface area contributed by atoms with E-state index in [2.05, 4.69) is 10.1 Å². The predicted octanol–water partition coefficient (Wildman–Crippen LogP) is 0.185. The van der Waals surface area contributed by atoms with Crippen LogP contribution >= 0.6 is 0 Å². The molecule has 0 radical (unpaired) electrons. The molecule has 3 rings (SSSR count). The highest BCUT2D eigenvalue weighted by molar-refractivity contribution is 6.05. The molecule has 0 saturated carbocycles. The fourth-order valence-corrected chi connectivity index (χ4v) is 1.92. The SMILES string of the molecule is OC[C@@H]1ON=C2c3ccncc3OC[C@H]21. The highest BCUT2D eigenvalue weighted by atomic mass is 16.7. The summed E-state index contributed by atoms with van der Waals surface area (Å²) < 4.78 is 5.54. The molecule has 78 valence electrons. The Morgan fingerprint density at radius 1 is 1.53 bits per heavy atom. The van der Waals surface area contributed by atoms with Crippen molar-refractivity contribution >= 4 is 5.71 Å². The fourth-order valence-electron chi connectivity index (χ4n) is 1.92. The molecule has 2 aliphatic rings. The predicted molar refractivity (Wildman–Crippen MR) is 51.7 cm³/mol. The summed E-state index contributed by atoms with van der Waals surface area (Å²) >= 11 is 0. The molecule has 1 aromatic rings. The Hall–Kier alpha value is -1.62. The molecule has 0 unspecified atom stereocenters. The van der Waals surface area contributed by atoms with Crippen LogP contribution in [-0.2, 0) is 4.84 Å². The van der Waals surface area contributed by atoms with Gasteiger partial charge in [-0.05, 0) is 6.07 Å². The summed E-state index contributed by atoms with van der Waals surface area (Å²) in [6.07, 6.45) is 3.08. The number of fused-ring (bicyclic) bond motifs is 3. The number of oxime groups is 1. The van der Waals surface area contributed by atoms with Gasteiger partial charge in [0.1, 0.15) is 18.1 Å². The third-order valence-corrected chi connectivity index (χ3v) is 2.75. The average molecular weight is 206 g/mol. The van der Waals surface area contributed by atoms with Gasteiger partial charge in [0.25, 0.3) is 0 Å². The maximum Gasteiger partial charge on any atom is 0.162 e. The first-order valence-electron chi connectivity index (χ1n) is 4.82. The molecule has 3 heterocycles. The third-order valence-electron chi connectivity index (χ3n) is 2.75. The molecule has 5 nitrogen and oxygen atoms in total. The van der Waals surface area contributed by atoms with Gasteiger partial charge in [-0.3, -0.25) is 4.98 Å². The molecule has 1 aromatic heterocycles. The molecule has 1 N–H and O–H groups in total. The molecule has 0 aliphatic carbocycles. The second-order valence-corrected chi connectivity index (χ2v) is 3.59. The Balaban J connectivity index is 2.02. The zero-order valence-corrected chi connectivity index (χ0v) is 7.96. The summed E-state index contributed by atoms with van der Waals surface area (Å²) in [6, 6.07) is 1.85. The molecule has 0 amide bonds. The average Bonchev–Trinajstić information content (AvgIpc) is 2.72. The van der Waals surface area contributed by atoms with Crippen LogP contribution in [0.3, 0.4) is 0 Å². The number of ether oxygens (including phenoxy) is 1. The summed E-state index contributed by atoms with van der Waals surface area (Å²) in [4.78, 5) is 9.12. The van der Waals surface area contributed by atoms with Crippen molar-refractivity contribution in [3.63, 3.8) is 0 Å². The van der Waals surface area contributed by atoms with Crippen molar-refractivity contribution in [1.82, 2.24) is 4.98 Å². The molecule has 2 aliphatic heterocycles. The summed E-state index contributed by atoms with van der Waals surface area (Å²) in [6.45, 7) is 0.449. The van der Waals surface area contributed by atoms with E-state index in [-0.39, 0.29) is 18.6 Å². The molecule has 0 fully saturated rings. The minimum absolute atomic E-state index is 0.0323. The van der Waals surface area contributed by atoms with Crippen LogP contribution in [0.5, 0.6) is 5.75 Å². The van der Waals surface area contributed by atoms with Crippen molar-refractivity contribution < 1.29 is 14.7 Å². The molecule has 2 atom stereocenters. The van der Waals surface area contributed by atoms with Crippen molar-refractivity contribution in [2.75, 3.05) is 13.2 Å². The quantitative estimate of drug-likeness (QED) is 0.712. The van der Waals surface area contributed by atoms with Crippen molar-refractivity contribution in [1.29, 1.82) is 0 Å². The van der Waals surface area contributed by atoms with E-state index in [0.717, 1.165) is 17.0 Å². The van der Waals surface area contributed by atoms with Crippen LogP contribution in [0.1, 0.15) is 5.56 Å². The van der Waals surface area contributed by atoms with Gasteiger partial charge < -0.3 is 14.7 Å². The van der Waals surface area contributed by atoms with Gasteiger partial charge in [-0.1, -0.05) is 5.16 Å². The molecule has 5 heteroatoms. The van der Waals surface area contributed by atoms with Gasteiger partial charge in [0.15, 0.2) is 6.10 Å². The van der Waals surface area contributed by atoms with Gasteiger partial charge in [0, 0.05) is 11.8 Å². The Kier molecular flexibility index (Phi) is 1.85. The number of hydrogen-bond acceptors (Lipinski definition) is 5. The number of aliphatic hydroxyl groups is 1. The van der Waals surface area contributed by atoms with Gasteiger partial charge in [-0.25, -0.2) is 0 Å². The van der Waals surface area contributed by atoms with E-state index in [4.69, 9.17) is 14.7 Å². The normalized spacial score (nSPS) is 27.1. The number of pyridine rings is 1. The molecular formula is C10H10N2O3. The Morgan fingerprint density at radius 2 is 2.47 bits per heavy atom. The number of aliphatic hydroxyl groups excluding tert-OH is 1. The van der Waals surface area contributed by atoms with E-state index >= 15 is 0 Å². The van der Waals surface area contributed by atoms with Crippen LogP contribution < -0.4 is 4.74 Å². The first-order valence-corrected chi connectivity index (χ1v) is 4.82. The van der Waals surface area contributed by atoms with Crippen molar-refractivity contribution in [2.45, 2.75) is 6.10 Å². The number of hydrogen-bond donors (Lipinski definition) is 1. The lowest BCUT2D eigenvalue weighted by Crippen LogP contribution is -2.35. The zero-order chi connectivity index (χ0) is 10.3. The lowest BCUT2D eigenvalue weighted by molar-refractivity contribution is 0.00844. The standard InChI is InChI=1S/C10H10N2O3/c13-4-9-7-5-14-8-3-11-2-1-6(8)10(7)12-15-9/h1-3,7,9,13H,4-5H2/t7-,9-/m0/s1. The van der Waals surface area contributed by atoms with Gasteiger partial charge >= 0.3 is 0 Å². The maximum absolute atomic E-state index is 9.09. The highest BCUT2D eigenvalue weighted by Crippen LogP contribution is 2.32. The first kappa shape index (κ1) is 8.67. The zero-order valence-electron chi connectivity index (χ0n) is 7.96. The summed E-state index contributed by atoms with van der Waals surface area (Å²) in [5, 5.41) is 13.1. The van der Waals surface area contributed by atoms with Crippen LogP contribution in [0, 0.1) is 5.92 Å². The molecule has 0 spiro atoms. The maximum atomic E-state index is 9.09. The van der Waals surface area contributed by atoms with E-state index in [1.54, 1.807) is 12.4 Å². The van der Waals surface area contributed by atoms with E-state index in [1.165, 1.54) is 0 Å². The van der Waals surface area contributed by atoms with Crippen molar-refractivity contribution in [2.24, 2.45) is 11.1 Å². The van der Waals surface area contributed by atoms with Gasteiger partial charge in [-0.15, -0.1) is 0 Å². The van der Waals surface area contributed by atoms with Gasteiger partial charge in [0.2, 0.25) is 0 Å². The Bertz CT molecular complexity index is 419. The molecular weight excluding hydrogens is 196 g/mol. The topological polar surface area (TPSA) is 63.9 Å². The van der Waals surface area contributed by atoms with E-state index in [9.17, 15) is 0 Å². The Morgan fingerprint density at radius 3 is 3.33 bits per heavy atom. The number of rotatable bonds is 1. The van der Waals surface area contributed by atoms with Crippen LogP contribution in [0.25, 0.3) is 0 Å². The minimum atomic E-state index is -0.277. The fraction of sp³-hybridized carbons (Fsp3) is 0.400.